The number of β-lactam (4-membered cyclic amide) rings is 1. The Labute approximate surface area is 157 Å². The van der Waals surface area contributed by atoms with Crippen LogP contribution in [0.15, 0.2) is 21.4 Å². The van der Waals surface area contributed by atoms with Gasteiger partial charge in [0.2, 0.25) is 5.91 Å². The van der Waals surface area contributed by atoms with Crippen molar-refractivity contribution in [3.63, 3.8) is 0 Å². The molecule has 0 radical (unpaired) electrons. The molecule has 2 aliphatic rings. The number of thiazole rings is 1. The molecule has 1 saturated heterocycles. The number of aromatic nitrogens is 1. The van der Waals surface area contributed by atoms with Gasteiger partial charge in [-0.3, -0.25) is 9.59 Å². The first-order valence-electron chi connectivity index (χ1n) is 7.81. The molecule has 0 bridgehead atoms. The van der Waals surface area contributed by atoms with Gasteiger partial charge in [0, 0.05) is 16.2 Å². The van der Waals surface area contributed by atoms with Gasteiger partial charge in [0.1, 0.15) is 16.4 Å². The molecule has 4 atom stereocenters. The first kappa shape index (κ1) is 18.6. The van der Waals surface area contributed by atoms with E-state index in [9.17, 15) is 24.6 Å². The smallest absolute Gasteiger partial charge is 0.353 e. The SMILES string of the molecule is C[C@@H](O)[C@H]1C(=O)N2C(C(=O)O)=C(S/C=C\c3nc(C(N)=O)cs3)[C@H](C)[C@H]12. The predicted molar refractivity (Wildman–Crippen MR) is 96.9 cm³/mol. The van der Waals surface area contributed by atoms with Gasteiger partial charge in [-0.05, 0) is 18.4 Å². The molecule has 0 unspecified atom stereocenters. The lowest BCUT2D eigenvalue weighted by Gasteiger charge is -2.46. The van der Waals surface area contributed by atoms with E-state index in [0.29, 0.717) is 9.91 Å². The van der Waals surface area contributed by atoms with Crippen molar-refractivity contribution in [2.45, 2.75) is 26.0 Å². The van der Waals surface area contributed by atoms with Crippen molar-refractivity contribution in [2.75, 3.05) is 0 Å². The molecule has 1 aromatic heterocycles. The fraction of sp³-hybridized carbons (Fsp3) is 0.375. The number of amides is 2. The second-order valence-electron chi connectivity index (χ2n) is 6.13. The van der Waals surface area contributed by atoms with Crippen LogP contribution in [-0.4, -0.2) is 50.0 Å². The molecule has 26 heavy (non-hydrogen) atoms. The van der Waals surface area contributed by atoms with Crippen LogP contribution in [0.1, 0.15) is 29.3 Å². The largest absolute Gasteiger partial charge is 0.477 e. The maximum Gasteiger partial charge on any atom is 0.353 e. The van der Waals surface area contributed by atoms with Gasteiger partial charge < -0.3 is 20.8 Å². The number of carbonyl (C=O) groups is 3. The van der Waals surface area contributed by atoms with Crippen LogP contribution < -0.4 is 5.73 Å². The van der Waals surface area contributed by atoms with Crippen LogP contribution in [0.5, 0.6) is 0 Å². The Morgan fingerprint density at radius 3 is 2.73 bits per heavy atom. The van der Waals surface area contributed by atoms with Crippen molar-refractivity contribution < 1.29 is 24.6 Å². The minimum Gasteiger partial charge on any atom is -0.477 e. The topological polar surface area (TPSA) is 134 Å². The standard InChI is InChI=1S/C16H17N3O5S2/c1-6-11-10(7(2)20)15(22)19(11)12(16(23)24)13(6)25-4-3-9-18-8(5-26-9)14(17)21/h3-7,10-11,20H,1-2H3,(H2,17,21)(H,23,24)/b4-3-/t6-,7-,10-,11-/m1/s1. The number of hydrogen-bond acceptors (Lipinski definition) is 7. The van der Waals surface area contributed by atoms with Gasteiger partial charge in [0.15, 0.2) is 0 Å². The molecular weight excluding hydrogens is 378 g/mol. The molecule has 2 amide bonds. The Bertz CT molecular complexity index is 845. The summed E-state index contributed by atoms with van der Waals surface area (Å²) in [7, 11) is 0. The average Bonchev–Trinajstić information content (AvgIpc) is 3.10. The summed E-state index contributed by atoms with van der Waals surface area (Å²) in [5.74, 6) is -2.93. The van der Waals surface area contributed by atoms with Gasteiger partial charge in [-0.15, -0.1) is 11.3 Å². The van der Waals surface area contributed by atoms with Crippen molar-refractivity contribution >= 4 is 47.0 Å². The van der Waals surface area contributed by atoms with E-state index in [-0.39, 0.29) is 29.3 Å². The van der Waals surface area contributed by atoms with Crippen LogP contribution in [0, 0.1) is 11.8 Å². The molecule has 8 nitrogen and oxygen atoms in total. The van der Waals surface area contributed by atoms with Gasteiger partial charge in [-0.25, -0.2) is 9.78 Å². The molecule has 0 aliphatic carbocycles. The molecule has 2 aliphatic heterocycles. The van der Waals surface area contributed by atoms with Gasteiger partial charge >= 0.3 is 5.97 Å². The molecule has 138 valence electrons. The highest BCUT2D eigenvalue weighted by Crippen LogP contribution is 2.50. The summed E-state index contributed by atoms with van der Waals surface area (Å²) in [5.41, 5.74) is 5.30. The highest BCUT2D eigenvalue weighted by atomic mass is 32.2. The van der Waals surface area contributed by atoms with E-state index >= 15 is 0 Å². The zero-order chi connectivity index (χ0) is 19.2. The molecule has 0 saturated carbocycles. The van der Waals surface area contributed by atoms with E-state index in [1.165, 1.54) is 34.9 Å². The predicted octanol–water partition coefficient (Wildman–Crippen LogP) is 1.10. The Balaban J connectivity index is 1.81. The molecule has 1 aromatic rings. The van der Waals surface area contributed by atoms with Gasteiger partial charge in [0.25, 0.3) is 5.91 Å². The van der Waals surface area contributed by atoms with E-state index in [2.05, 4.69) is 4.98 Å². The number of rotatable bonds is 6. The van der Waals surface area contributed by atoms with Gasteiger partial charge in [0.05, 0.1) is 18.1 Å². The zero-order valence-electron chi connectivity index (χ0n) is 13.9. The Morgan fingerprint density at radius 2 is 2.19 bits per heavy atom. The number of nitrogens with two attached hydrogens (primary N) is 1. The zero-order valence-corrected chi connectivity index (χ0v) is 15.6. The summed E-state index contributed by atoms with van der Waals surface area (Å²) in [5, 5.41) is 23.1. The molecule has 0 aromatic carbocycles. The van der Waals surface area contributed by atoms with Crippen molar-refractivity contribution in [2.24, 2.45) is 17.6 Å². The quantitative estimate of drug-likeness (QED) is 0.614. The number of fused-ring (bicyclic) bond motifs is 1. The summed E-state index contributed by atoms with van der Waals surface area (Å²) in [6.07, 6.45) is 0.827. The van der Waals surface area contributed by atoms with E-state index in [1.807, 2.05) is 6.92 Å². The Kier molecular flexibility index (Phi) is 4.91. The minimum atomic E-state index is -1.17. The maximum atomic E-state index is 12.2. The number of hydrogen-bond donors (Lipinski definition) is 3. The Morgan fingerprint density at radius 1 is 1.50 bits per heavy atom. The monoisotopic (exact) mass is 395 g/mol. The number of carboxylic acids is 1. The number of thioether (sulfide) groups is 1. The van der Waals surface area contributed by atoms with Crippen LogP contribution in [0.25, 0.3) is 6.08 Å². The second kappa shape index (κ2) is 6.86. The summed E-state index contributed by atoms with van der Waals surface area (Å²) >= 11 is 2.44. The number of primary amides is 1. The minimum absolute atomic E-state index is 0.0315. The number of aliphatic carboxylic acids is 1. The molecule has 0 spiro atoms. The van der Waals surface area contributed by atoms with E-state index in [0.717, 1.165) is 0 Å². The lowest BCUT2D eigenvalue weighted by Crippen LogP contribution is -2.63. The molecular formula is C16H17N3O5S2. The summed E-state index contributed by atoms with van der Waals surface area (Å²) in [6, 6.07) is -0.342. The normalized spacial score (nSPS) is 26.2. The van der Waals surface area contributed by atoms with E-state index < -0.39 is 23.9 Å². The number of carboxylic acid groups (broad SMARTS) is 1. The highest BCUT2D eigenvalue weighted by molar-refractivity contribution is 8.06. The van der Waals surface area contributed by atoms with Crippen LogP contribution in [-0.2, 0) is 9.59 Å². The molecule has 10 heteroatoms. The average molecular weight is 395 g/mol. The number of aliphatic hydroxyl groups excluding tert-OH is 1. The van der Waals surface area contributed by atoms with Crippen molar-refractivity contribution in [3.05, 3.63) is 32.1 Å². The number of aliphatic hydroxyl groups is 1. The fourth-order valence-electron chi connectivity index (χ4n) is 3.32. The second-order valence-corrected chi connectivity index (χ2v) is 7.97. The van der Waals surface area contributed by atoms with E-state index in [1.54, 1.807) is 16.9 Å². The van der Waals surface area contributed by atoms with Crippen molar-refractivity contribution in [1.82, 2.24) is 9.88 Å². The van der Waals surface area contributed by atoms with Gasteiger partial charge in [-0.1, -0.05) is 18.7 Å². The summed E-state index contributed by atoms with van der Waals surface area (Å²) < 4.78 is 0. The third kappa shape index (κ3) is 2.93. The number of nitrogens with zero attached hydrogens (tertiary/aromatic N) is 2. The fourth-order valence-corrected chi connectivity index (χ4v) is 5.10. The molecule has 4 N–H and O–H groups in total. The molecule has 3 rings (SSSR count). The van der Waals surface area contributed by atoms with E-state index in [4.69, 9.17) is 5.73 Å². The molecule has 3 heterocycles. The Hall–Kier alpha value is -2.17. The van der Waals surface area contributed by atoms with Crippen LogP contribution in [0.2, 0.25) is 0 Å². The lowest BCUT2D eigenvalue weighted by molar-refractivity contribution is -0.163. The first-order chi connectivity index (χ1) is 12.2. The molecule has 1 fully saturated rings. The van der Waals surface area contributed by atoms with Crippen molar-refractivity contribution in [1.29, 1.82) is 0 Å². The third-order valence-electron chi connectivity index (χ3n) is 4.49. The highest BCUT2D eigenvalue weighted by Gasteiger charge is 2.59. The first-order valence-corrected chi connectivity index (χ1v) is 9.57. The van der Waals surface area contributed by atoms with Crippen LogP contribution >= 0.6 is 23.1 Å². The van der Waals surface area contributed by atoms with Gasteiger partial charge in [-0.2, -0.15) is 0 Å². The summed E-state index contributed by atoms with van der Waals surface area (Å²) in [6.45, 7) is 3.39. The number of carbonyl (C=O) groups excluding carboxylic acids is 2. The van der Waals surface area contributed by atoms with Crippen LogP contribution in [0.4, 0.5) is 0 Å². The summed E-state index contributed by atoms with van der Waals surface area (Å²) in [4.78, 5) is 40.9. The maximum absolute atomic E-state index is 12.2. The lowest BCUT2D eigenvalue weighted by atomic mass is 9.79. The third-order valence-corrected chi connectivity index (χ3v) is 6.39. The van der Waals surface area contributed by atoms with Crippen molar-refractivity contribution in [3.8, 4) is 0 Å². The van der Waals surface area contributed by atoms with Crippen LogP contribution in [0.3, 0.4) is 0 Å².